The van der Waals surface area contributed by atoms with Gasteiger partial charge in [-0.1, -0.05) is 75.7 Å². The summed E-state index contributed by atoms with van der Waals surface area (Å²) in [7, 11) is 8.44. The molecule has 0 heterocycles. The molecule has 51 heavy (non-hydrogen) atoms. The van der Waals surface area contributed by atoms with Crippen LogP contribution in [0.1, 0.15) is 80.2 Å². The number of nitrogens with one attached hydrogen (secondary N) is 2. The normalized spacial score (nSPS) is 14.6. The Labute approximate surface area is 331 Å². The molecule has 2 N–H and O–H groups in total. The quantitative estimate of drug-likeness (QED) is 0.0878. The number of aryl methyl sites for hydroxylation is 1. The molecule has 292 valence electrons. The van der Waals surface area contributed by atoms with Crippen molar-refractivity contribution in [3.63, 3.8) is 0 Å². The predicted molar refractivity (Wildman–Crippen MR) is 218 cm³/mol. The van der Waals surface area contributed by atoms with Gasteiger partial charge in [0.05, 0.1) is 13.2 Å². The summed E-state index contributed by atoms with van der Waals surface area (Å²) in [4.78, 5) is 16.7. The summed E-state index contributed by atoms with van der Waals surface area (Å²) < 4.78 is 27.4. The molecule has 0 aliphatic rings. The minimum atomic E-state index is -0.231. The van der Waals surface area contributed by atoms with E-state index in [4.69, 9.17) is 9.68 Å². The lowest BCUT2D eigenvalue weighted by Crippen LogP contribution is -2.38. The highest BCUT2D eigenvalue weighted by molar-refractivity contribution is 5.86. The van der Waals surface area contributed by atoms with Gasteiger partial charge in [0.2, 0.25) is 0 Å². The van der Waals surface area contributed by atoms with Gasteiger partial charge in [-0.05, 0) is 106 Å². The molecular weight excluding hydrogens is 736 g/mol. The Balaban J connectivity index is 0. The van der Waals surface area contributed by atoms with Crippen LogP contribution in [0.25, 0.3) is 0 Å². The van der Waals surface area contributed by atoms with Gasteiger partial charge in [-0.2, -0.15) is 11.0 Å². The summed E-state index contributed by atoms with van der Waals surface area (Å²) in [5.41, 5.74) is 11.9. The monoisotopic (exact) mass is 796 g/mol. The Morgan fingerprint density at radius 2 is 0.922 bits per heavy atom. The van der Waals surface area contributed by atoms with Crippen LogP contribution in [0.3, 0.4) is 0 Å². The Bertz CT molecular complexity index is 1240. The van der Waals surface area contributed by atoms with Crippen molar-refractivity contribution in [3.8, 4) is 0 Å². The van der Waals surface area contributed by atoms with Gasteiger partial charge in [0.25, 0.3) is 0 Å². The Hall–Kier alpha value is -1.56. The largest absolute Gasteiger partial charge is 0.306 e. The molecule has 3 aromatic carbocycles. The van der Waals surface area contributed by atoms with E-state index < -0.39 is 0 Å². The van der Waals surface area contributed by atoms with E-state index in [2.05, 4.69) is 102 Å². The lowest BCUT2D eigenvalue weighted by atomic mass is 9.81. The summed E-state index contributed by atoms with van der Waals surface area (Å²) in [5, 5.41) is 0. The van der Waals surface area contributed by atoms with E-state index in [1.165, 1.54) is 24.3 Å². The van der Waals surface area contributed by atoms with Gasteiger partial charge < -0.3 is 19.5 Å². The summed E-state index contributed by atoms with van der Waals surface area (Å²) in [6.07, 6.45) is 2.04. The van der Waals surface area contributed by atoms with Crippen molar-refractivity contribution < 1.29 is 18.5 Å². The minimum absolute atomic E-state index is 0. The van der Waals surface area contributed by atoms with Crippen molar-refractivity contribution in [2.24, 2.45) is 11.8 Å². The van der Waals surface area contributed by atoms with Gasteiger partial charge in [-0.25, -0.2) is 8.78 Å². The molecule has 0 saturated carbocycles. The lowest BCUT2D eigenvalue weighted by molar-refractivity contribution is 0.0102. The van der Waals surface area contributed by atoms with Crippen molar-refractivity contribution in [1.82, 2.24) is 20.8 Å². The molecule has 0 aliphatic carbocycles. The first-order valence-electron chi connectivity index (χ1n) is 17.1. The van der Waals surface area contributed by atoms with Crippen LogP contribution >= 0.6 is 49.6 Å². The van der Waals surface area contributed by atoms with Gasteiger partial charge in [0.1, 0.15) is 11.6 Å². The third kappa shape index (κ3) is 16.1. The molecule has 6 atom stereocenters. The van der Waals surface area contributed by atoms with E-state index in [9.17, 15) is 8.78 Å². The SMILES string of the molecule is CCC(C(C)C(CONCc1cc(C)cc(CNOCC(c2ccc(F)cc2)C(C)C(CC)N(C)C)c1)c1ccc(F)cc1)N(C)C.Cl.Cl.Cl.Cl. The fourth-order valence-electron chi connectivity index (χ4n) is 7.19. The number of hydrogen-bond acceptors (Lipinski definition) is 6. The van der Waals surface area contributed by atoms with Crippen molar-refractivity contribution in [2.75, 3.05) is 41.4 Å². The minimum Gasteiger partial charge on any atom is -0.306 e. The first kappa shape index (κ1) is 51.5. The van der Waals surface area contributed by atoms with E-state index in [1.54, 1.807) is 0 Å². The van der Waals surface area contributed by atoms with Crippen molar-refractivity contribution in [3.05, 3.63) is 106 Å². The lowest BCUT2D eigenvalue weighted by Gasteiger charge is -2.35. The fourth-order valence-corrected chi connectivity index (χ4v) is 7.19. The van der Waals surface area contributed by atoms with Gasteiger partial charge >= 0.3 is 0 Å². The number of halogens is 6. The van der Waals surface area contributed by atoms with Gasteiger partial charge in [-0.15, -0.1) is 49.6 Å². The molecule has 0 saturated heterocycles. The highest BCUT2D eigenvalue weighted by Crippen LogP contribution is 2.32. The zero-order valence-corrected chi connectivity index (χ0v) is 34.9. The molecule has 0 aliphatic heterocycles. The second kappa shape index (κ2) is 26.3. The number of benzene rings is 3. The number of nitrogens with zero attached hydrogens (tertiary/aromatic N) is 2. The second-order valence-corrected chi connectivity index (χ2v) is 13.5. The Morgan fingerprint density at radius 3 is 1.22 bits per heavy atom. The van der Waals surface area contributed by atoms with Crippen molar-refractivity contribution >= 4 is 49.6 Å². The number of rotatable bonds is 20. The maximum Gasteiger partial charge on any atom is 0.123 e. The predicted octanol–water partition coefficient (Wildman–Crippen LogP) is 9.52. The summed E-state index contributed by atoms with van der Waals surface area (Å²) in [5.74, 6) is 0.366. The Kier molecular flexibility index (Phi) is 26.5. The van der Waals surface area contributed by atoms with E-state index in [0.29, 0.717) is 50.2 Å². The van der Waals surface area contributed by atoms with Crippen LogP contribution in [0, 0.1) is 30.4 Å². The molecule has 12 heteroatoms. The molecule has 0 fully saturated rings. The molecule has 0 aromatic heterocycles. The molecule has 3 aromatic rings. The zero-order valence-electron chi connectivity index (χ0n) is 31.7. The van der Waals surface area contributed by atoms with Crippen molar-refractivity contribution in [2.45, 2.75) is 84.5 Å². The fraction of sp³-hybridized carbons (Fsp3) is 0.538. The average Bonchev–Trinajstić information content (AvgIpc) is 3.02. The van der Waals surface area contributed by atoms with Crippen LogP contribution in [0.5, 0.6) is 0 Å². The smallest absolute Gasteiger partial charge is 0.123 e. The van der Waals surface area contributed by atoms with Gasteiger partial charge in [-0.3, -0.25) is 0 Å². The molecule has 0 bridgehead atoms. The first-order valence-corrected chi connectivity index (χ1v) is 17.1. The number of hydrogen-bond donors (Lipinski definition) is 2. The molecule has 6 nitrogen and oxygen atoms in total. The molecule has 3 rings (SSSR count). The molecular formula is C39H62Cl4F2N4O2. The van der Waals surface area contributed by atoms with E-state index in [1.807, 2.05) is 24.3 Å². The summed E-state index contributed by atoms with van der Waals surface area (Å²) in [6.45, 7) is 13.1. The topological polar surface area (TPSA) is 49.0 Å². The third-order valence-corrected chi connectivity index (χ3v) is 9.72. The highest BCUT2D eigenvalue weighted by Gasteiger charge is 2.29. The average molecular weight is 799 g/mol. The van der Waals surface area contributed by atoms with E-state index in [-0.39, 0.29) is 73.1 Å². The maximum absolute atomic E-state index is 13.7. The van der Waals surface area contributed by atoms with Crippen molar-refractivity contribution in [1.29, 1.82) is 0 Å². The molecule has 0 radical (unpaired) electrons. The zero-order chi connectivity index (χ0) is 34.5. The summed E-state index contributed by atoms with van der Waals surface area (Å²) in [6, 6.07) is 20.8. The van der Waals surface area contributed by atoms with E-state index >= 15 is 0 Å². The van der Waals surface area contributed by atoms with Gasteiger partial charge in [0, 0.05) is 37.0 Å². The van der Waals surface area contributed by atoms with Crippen LogP contribution in [0.4, 0.5) is 8.78 Å². The summed E-state index contributed by atoms with van der Waals surface area (Å²) >= 11 is 0. The van der Waals surface area contributed by atoms with E-state index in [0.717, 1.165) is 40.7 Å². The molecule has 0 spiro atoms. The third-order valence-electron chi connectivity index (χ3n) is 9.72. The van der Waals surface area contributed by atoms with Crippen LogP contribution in [0.15, 0.2) is 66.7 Å². The first-order chi connectivity index (χ1) is 22.4. The highest BCUT2D eigenvalue weighted by atomic mass is 35.5. The van der Waals surface area contributed by atoms with Gasteiger partial charge in [0.15, 0.2) is 0 Å². The molecule has 6 unspecified atom stereocenters. The number of hydroxylamine groups is 2. The van der Waals surface area contributed by atoms with Crippen LogP contribution in [-0.2, 0) is 22.8 Å². The van der Waals surface area contributed by atoms with Crippen LogP contribution in [-0.4, -0.2) is 63.3 Å². The second-order valence-electron chi connectivity index (χ2n) is 13.5. The maximum atomic E-state index is 13.7. The van der Waals surface area contributed by atoms with Crippen LogP contribution < -0.4 is 11.0 Å². The Morgan fingerprint density at radius 1 is 0.588 bits per heavy atom. The van der Waals surface area contributed by atoms with Crippen LogP contribution in [0.2, 0.25) is 0 Å². The molecule has 0 amide bonds. The standard InChI is InChI=1S/C39H58F2N4O2.4ClH/c1-10-38(44(6)7)28(4)36(32-12-16-34(40)17-13-32)25-46-42-23-30-20-27(3)21-31(22-30)24-43-47-26-37(29(5)39(11-2)45(8)9)33-14-18-35(41)19-15-33;;;;/h12-22,28-29,36-39,42-43H,10-11,23-26H2,1-9H3;4*1H.